The number of benzene rings is 1. The minimum absolute atomic E-state index is 0.383. The van der Waals surface area contributed by atoms with Crippen LogP contribution in [0.1, 0.15) is 26.5 Å². The van der Waals surface area contributed by atoms with Crippen molar-refractivity contribution in [2.24, 2.45) is 0 Å². The molecule has 0 aromatic carbocycles. The molecule has 1 heterocycles. The number of amides is 1. The van der Waals surface area contributed by atoms with Crippen molar-refractivity contribution in [3.05, 3.63) is 48.3 Å². The second-order valence-electron chi connectivity index (χ2n) is 5.75. The molecule has 0 saturated heterocycles. The van der Waals surface area contributed by atoms with Crippen molar-refractivity contribution in [1.82, 2.24) is 4.98 Å². The number of hydrogen-bond acceptors (Lipinski definition) is 3. The lowest BCUT2D eigenvalue weighted by Gasteiger charge is -2.19. The van der Waals surface area contributed by atoms with E-state index in [-0.39, 0.29) is 0 Å². The zero-order valence-corrected chi connectivity index (χ0v) is 12.9. The summed E-state index contributed by atoms with van der Waals surface area (Å²) >= 11 is 0. The van der Waals surface area contributed by atoms with E-state index in [1.165, 1.54) is 11.1 Å². The van der Waals surface area contributed by atoms with Gasteiger partial charge in [0.25, 0.3) is 0 Å². The Kier molecular flexibility index (Phi) is 4.47. The molecule has 4 heteroatoms. The average molecular weight is 294 g/mol. The van der Waals surface area contributed by atoms with Crippen LogP contribution in [0, 0.1) is 12.3 Å². The monoisotopic (exact) mass is 294 g/mol. The van der Waals surface area contributed by atoms with Crippen LogP contribution >= 0.6 is 0 Å². The van der Waals surface area contributed by atoms with Gasteiger partial charge in [-0.1, -0.05) is 18.2 Å². The Morgan fingerprint density at radius 2 is 1.91 bits per heavy atom. The van der Waals surface area contributed by atoms with Crippen LogP contribution in [0.2, 0.25) is 0 Å². The number of hydrogen-bond donors (Lipinski definition) is 1. The Balaban J connectivity index is 0.000000238. The van der Waals surface area contributed by atoms with Crippen molar-refractivity contribution in [2.75, 3.05) is 5.32 Å². The van der Waals surface area contributed by atoms with Gasteiger partial charge in [0.05, 0.1) is 5.69 Å². The van der Waals surface area contributed by atoms with Crippen molar-refractivity contribution in [1.29, 1.82) is 0 Å². The summed E-state index contributed by atoms with van der Waals surface area (Å²) in [5.74, 6) is 2.38. The van der Waals surface area contributed by atoms with E-state index in [4.69, 9.17) is 11.2 Å². The lowest BCUT2D eigenvalue weighted by Crippen LogP contribution is -2.27. The number of nitrogens with zero attached hydrogens (tertiary/aromatic N) is 1. The molecule has 0 spiro atoms. The molecule has 0 bridgehead atoms. The molecular formula is C18H18N2O2. The van der Waals surface area contributed by atoms with Crippen molar-refractivity contribution in [3.63, 3.8) is 0 Å². The van der Waals surface area contributed by atoms with Gasteiger partial charge >= 0.3 is 6.09 Å². The zero-order valence-electron chi connectivity index (χ0n) is 12.9. The predicted octanol–water partition coefficient (Wildman–Crippen LogP) is 4.08. The molecule has 1 aromatic heterocycles. The zero-order chi connectivity index (χ0) is 16.2. The summed E-state index contributed by atoms with van der Waals surface area (Å²) < 4.78 is 5.09. The minimum Gasteiger partial charge on any atom is -0.444 e. The van der Waals surface area contributed by atoms with E-state index in [0.717, 1.165) is 0 Å². The molecule has 112 valence electrons. The lowest BCUT2D eigenvalue weighted by atomic mass is 10.2. The van der Waals surface area contributed by atoms with Gasteiger partial charge in [-0.15, -0.1) is 6.42 Å². The van der Waals surface area contributed by atoms with Crippen LogP contribution in [-0.2, 0) is 4.74 Å². The standard InChI is InChI=1S/C12H14N2O2.C6H4/c1-5-9-10(7-6-8-13-9)14-11(15)16-12(2,3)4;1-2-5-4-6(5)3-1/h1,6-8H,2-4H3,(H,14,15);1-4H. The van der Waals surface area contributed by atoms with Gasteiger partial charge in [-0.2, -0.15) is 0 Å². The number of anilines is 1. The summed E-state index contributed by atoms with van der Waals surface area (Å²) in [6, 6.07) is 11.8. The van der Waals surface area contributed by atoms with Crippen LogP contribution in [0.4, 0.5) is 10.5 Å². The summed E-state index contributed by atoms with van der Waals surface area (Å²) in [5.41, 5.74) is 3.17. The van der Waals surface area contributed by atoms with E-state index in [9.17, 15) is 4.79 Å². The Morgan fingerprint density at radius 1 is 1.23 bits per heavy atom. The molecule has 0 radical (unpaired) electrons. The molecule has 2 aliphatic rings. The number of carbonyl (C=O) groups excluding carboxylic acids is 1. The number of aromatic nitrogens is 1. The first-order chi connectivity index (χ1) is 10.4. The minimum atomic E-state index is -0.544. The van der Waals surface area contributed by atoms with Gasteiger partial charge in [0.1, 0.15) is 11.3 Å². The maximum absolute atomic E-state index is 11.5. The molecule has 1 amide bonds. The Labute approximate surface area is 130 Å². The molecule has 1 aromatic rings. The molecular weight excluding hydrogens is 276 g/mol. The fourth-order valence-corrected chi connectivity index (χ4v) is 1.71. The van der Waals surface area contributed by atoms with E-state index < -0.39 is 11.7 Å². The van der Waals surface area contributed by atoms with Crippen LogP contribution in [0.15, 0.2) is 42.6 Å². The average Bonchev–Trinajstić information content (AvgIpc) is 3.04. The number of pyridine rings is 1. The molecule has 2 aliphatic carbocycles. The van der Waals surface area contributed by atoms with Gasteiger partial charge in [0, 0.05) is 6.20 Å². The summed E-state index contributed by atoms with van der Waals surface area (Å²) in [4.78, 5) is 15.4. The Hall–Kier alpha value is -2.80. The molecule has 0 aliphatic heterocycles. The van der Waals surface area contributed by atoms with E-state index in [0.29, 0.717) is 11.4 Å². The van der Waals surface area contributed by atoms with Crippen LogP contribution in [0.25, 0.3) is 11.1 Å². The molecule has 0 unspecified atom stereocenters. The number of terminal acetylenes is 1. The largest absolute Gasteiger partial charge is 0.444 e. The number of nitrogens with one attached hydrogen (secondary N) is 1. The molecule has 3 rings (SSSR count). The topological polar surface area (TPSA) is 51.2 Å². The first-order valence-electron chi connectivity index (χ1n) is 6.91. The first-order valence-corrected chi connectivity index (χ1v) is 6.91. The summed E-state index contributed by atoms with van der Waals surface area (Å²) in [6.45, 7) is 5.37. The highest BCUT2D eigenvalue weighted by atomic mass is 16.6. The third-order valence-electron chi connectivity index (χ3n) is 2.69. The van der Waals surface area contributed by atoms with Crippen LogP contribution < -0.4 is 5.32 Å². The number of ether oxygens (including phenoxy) is 1. The predicted molar refractivity (Wildman–Crippen MR) is 87.5 cm³/mol. The number of rotatable bonds is 1. The normalized spacial score (nSPS) is 10.6. The van der Waals surface area contributed by atoms with Gasteiger partial charge < -0.3 is 4.74 Å². The molecule has 4 nitrogen and oxygen atoms in total. The van der Waals surface area contributed by atoms with Crippen molar-refractivity contribution >= 4 is 11.8 Å². The summed E-state index contributed by atoms with van der Waals surface area (Å²) in [7, 11) is 0. The van der Waals surface area contributed by atoms with E-state index in [2.05, 4.69) is 40.5 Å². The van der Waals surface area contributed by atoms with E-state index in [1.54, 1.807) is 39.1 Å². The Bertz CT molecular complexity index is 707. The quantitative estimate of drug-likeness (QED) is 0.688. The van der Waals surface area contributed by atoms with Gasteiger partial charge in [-0.3, -0.25) is 5.32 Å². The molecule has 0 atom stereocenters. The second kappa shape index (κ2) is 6.31. The van der Waals surface area contributed by atoms with Crippen molar-refractivity contribution < 1.29 is 9.53 Å². The van der Waals surface area contributed by atoms with Gasteiger partial charge in [-0.25, -0.2) is 9.78 Å². The van der Waals surface area contributed by atoms with Gasteiger partial charge in [0.2, 0.25) is 0 Å². The van der Waals surface area contributed by atoms with Gasteiger partial charge in [0.15, 0.2) is 0 Å². The smallest absolute Gasteiger partial charge is 0.412 e. The number of fused-ring (bicyclic) bond motifs is 1. The Morgan fingerprint density at radius 3 is 2.36 bits per heavy atom. The van der Waals surface area contributed by atoms with E-state index >= 15 is 0 Å². The van der Waals surface area contributed by atoms with Crippen molar-refractivity contribution in [2.45, 2.75) is 26.4 Å². The maximum atomic E-state index is 11.5. The molecule has 0 saturated carbocycles. The SMILES string of the molecule is C#Cc1ncccc1NC(=O)OC(C)(C)C.c1cc2cc-2c1. The van der Waals surface area contributed by atoms with E-state index in [1.807, 2.05) is 0 Å². The van der Waals surface area contributed by atoms with Crippen LogP contribution in [-0.4, -0.2) is 16.7 Å². The fourth-order valence-electron chi connectivity index (χ4n) is 1.71. The third kappa shape index (κ3) is 4.64. The molecule has 22 heavy (non-hydrogen) atoms. The van der Waals surface area contributed by atoms with Crippen LogP contribution in [0.3, 0.4) is 0 Å². The highest BCUT2D eigenvalue weighted by Crippen LogP contribution is 2.32. The maximum Gasteiger partial charge on any atom is 0.412 e. The summed E-state index contributed by atoms with van der Waals surface area (Å²) in [6.07, 6.45) is 6.27. The van der Waals surface area contributed by atoms with Gasteiger partial charge in [-0.05, 0) is 56.0 Å². The second-order valence-corrected chi connectivity index (χ2v) is 5.75. The van der Waals surface area contributed by atoms with Crippen LogP contribution in [0.5, 0.6) is 0 Å². The number of carbonyl (C=O) groups is 1. The fraction of sp³-hybridized carbons (Fsp3) is 0.222. The first kappa shape index (κ1) is 15.6. The highest BCUT2D eigenvalue weighted by molar-refractivity contribution is 5.86. The summed E-state index contributed by atoms with van der Waals surface area (Å²) in [5, 5.41) is 2.55. The third-order valence-corrected chi connectivity index (χ3v) is 2.69. The van der Waals surface area contributed by atoms with Crippen molar-refractivity contribution in [3.8, 4) is 23.5 Å². The molecule has 1 N–H and O–H groups in total. The molecule has 0 fully saturated rings. The highest BCUT2D eigenvalue weighted by Gasteiger charge is 2.16. The lowest BCUT2D eigenvalue weighted by molar-refractivity contribution is 0.0636.